The molecule has 0 spiro atoms. The Balaban J connectivity index is 1.90. The van der Waals surface area contributed by atoms with Crippen molar-refractivity contribution in [3.63, 3.8) is 0 Å². The maximum atomic E-state index is 12.5. The van der Waals surface area contributed by atoms with Gasteiger partial charge in [0.25, 0.3) is 5.91 Å². The van der Waals surface area contributed by atoms with Crippen molar-refractivity contribution >= 4 is 16.8 Å². The van der Waals surface area contributed by atoms with Crippen LogP contribution in [0.25, 0.3) is 10.9 Å². The summed E-state index contributed by atoms with van der Waals surface area (Å²) < 4.78 is 0. The molecule has 1 aromatic heterocycles. The molecule has 1 saturated carbocycles. The Kier molecular flexibility index (Phi) is 2.96. The lowest BCUT2D eigenvalue weighted by Gasteiger charge is -2.18. The average Bonchev–Trinajstić information content (AvgIpc) is 3.14. The molecule has 0 radical (unpaired) electrons. The molecule has 0 saturated heterocycles. The first-order chi connectivity index (χ1) is 9.29. The van der Waals surface area contributed by atoms with Crippen LogP contribution >= 0.6 is 0 Å². The average molecular weight is 253 g/mol. The summed E-state index contributed by atoms with van der Waals surface area (Å²) in [7, 11) is 0. The topological polar surface area (TPSA) is 49.0 Å². The molecule has 0 bridgehead atoms. The smallest absolute Gasteiger partial charge is 0.275 e. The first kappa shape index (κ1) is 11.8. The van der Waals surface area contributed by atoms with Crippen LogP contribution in [0.1, 0.15) is 23.3 Å². The van der Waals surface area contributed by atoms with Crippen molar-refractivity contribution in [2.75, 3.05) is 13.1 Å². The van der Waals surface area contributed by atoms with Crippen LogP contribution in [-0.2, 0) is 0 Å². The van der Waals surface area contributed by atoms with E-state index < -0.39 is 0 Å². The zero-order chi connectivity index (χ0) is 13.2. The minimum absolute atomic E-state index is 0.0812. The van der Waals surface area contributed by atoms with Crippen molar-refractivity contribution in [1.82, 2.24) is 15.1 Å². The number of amides is 1. The van der Waals surface area contributed by atoms with Crippen LogP contribution < -0.4 is 0 Å². The highest BCUT2D eigenvalue weighted by atomic mass is 16.2. The van der Waals surface area contributed by atoms with Crippen LogP contribution in [-0.4, -0.2) is 34.1 Å². The number of hydrogen-bond acceptors (Lipinski definition) is 2. The van der Waals surface area contributed by atoms with Gasteiger partial charge >= 0.3 is 0 Å². The third kappa shape index (κ3) is 2.32. The number of para-hydroxylation sites is 1. The van der Waals surface area contributed by atoms with Crippen LogP contribution in [0, 0.1) is 18.3 Å². The number of nitrogens with one attached hydrogen (secondary N) is 1. The Bertz CT molecular complexity index is 649. The fraction of sp³-hybridized carbons (Fsp3) is 0.333. The molecule has 96 valence electrons. The third-order valence-electron chi connectivity index (χ3n) is 3.42. The second kappa shape index (κ2) is 4.77. The summed E-state index contributed by atoms with van der Waals surface area (Å²) in [6.45, 7) is 1.08. The lowest BCUT2D eigenvalue weighted by atomic mass is 10.2. The molecule has 1 heterocycles. The molecular weight excluding hydrogens is 238 g/mol. The first-order valence-corrected chi connectivity index (χ1v) is 6.45. The molecule has 2 aromatic rings. The van der Waals surface area contributed by atoms with Gasteiger partial charge < -0.3 is 4.90 Å². The molecule has 4 nitrogen and oxygen atoms in total. The number of terminal acetylenes is 1. The fourth-order valence-electron chi connectivity index (χ4n) is 2.22. The van der Waals surface area contributed by atoms with Gasteiger partial charge in [0.1, 0.15) is 0 Å². The second-order valence-electron chi connectivity index (χ2n) is 4.95. The predicted molar refractivity (Wildman–Crippen MR) is 73.6 cm³/mol. The quantitative estimate of drug-likeness (QED) is 0.848. The van der Waals surface area contributed by atoms with Crippen LogP contribution in [0.5, 0.6) is 0 Å². The van der Waals surface area contributed by atoms with E-state index in [1.165, 1.54) is 12.8 Å². The maximum Gasteiger partial charge on any atom is 0.275 e. The SMILES string of the molecule is C#CCN(CC1CC1)C(=O)c1n[nH]c2ccccc12. The van der Waals surface area contributed by atoms with E-state index in [1.54, 1.807) is 4.90 Å². The molecule has 0 unspecified atom stereocenters. The Morgan fingerprint density at radius 1 is 1.47 bits per heavy atom. The van der Waals surface area contributed by atoms with Crippen molar-refractivity contribution < 1.29 is 4.79 Å². The lowest BCUT2D eigenvalue weighted by Crippen LogP contribution is -2.33. The molecule has 1 aliphatic carbocycles. The highest BCUT2D eigenvalue weighted by Gasteiger charge is 2.28. The molecule has 3 rings (SSSR count). The maximum absolute atomic E-state index is 12.5. The van der Waals surface area contributed by atoms with Crippen molar-refractivity contribution in [3.05, 3.63) is 30.0 Å². The highest BCUT2D eigenvalue weighted by molar-refractivity contribution is 6.04. The van der Waals surface area contributed by atoms with Crippen molar-refractivity contribution in [1.29, 1.82) is 0 Å². The van der Waals surface area contributed by atoms with Crippen molar-refractivity contribution in [3.8, 4) is 12.3 Å². The number of aromatic amines is 1. The normalized spacial score (nSPS) is 14.3. The lowest BCUT2D eigenvalue weighted by molar-refractivity contribution is 0.0766. The molecule has 0 aliphatic heterocycles. The summed E-state index contributed by atoms with van der Waals surface area (Å²) in [5, 5.41) is 7.88. The standard InChI is InChI=1S/C15H15N3O/c1-2-9-18(10-11-7-8-11)15(19)14-12-5-3-4-6-13(12)16-17-14/h1,3-6,11H,7-10H2,(H,16,17). The predicted octanol–water partition coefficient (Wildman–Crippen LogP) is 2.05. The van der Waals surface area contributed by atoms with E-state index >= 15 is 0 Å². The summed E-state index contributed by atoms with van der Waals surface area (Å²) in [4.78, 5) is 14.2. The van der Waals surface area contributed by atoms with Gasteiger partial charge in [-0.2, -0.15) is 5.10 Å². The van der Waals surface area contributed by atoms with Gasteiger partial charge in [0.15, 0.2) is 5.69 Å². The molecule has 0 atom stereocenters. The number of carbonyl (C=O) groups excluding carboxylic acids is 1. The zero-order valence-electron chi connectivity index (χ0n) is 10.6. The third-order valence-corrected chi connectivity index (χ3v) is 3.42. The van der Waals surface area contributed by atoms with Crippen molar-refractivity contribution in [2.24, 2.45) is 5.92 Å². The number of H-pyrrole nitrogens is 1. The van der Waals surface area contributed by atoms with Crippen LogP contribution in [0.15, 0.2) is 24.3 Å². The number of fused-ring (bicyclic) bond motifs is 1. The molecular formula is C15H15N3O. The molecule has 1 fully saturated rings. The van der Waals surface area contributed by atoms with Crippen molar-refractivity contribution in [2.45, 2.75) is 12.8 Å². The zero-order valence-corrected chi connectivity index (χ0v) is 10.6. The number of rotatable bonds is 4. The van der Waals surface area contributed by atoms with E-state index in [0.717, 1.165) is 17.4 Å². The monoisotopic (exact) mass is 253 g/mol. The minimum atomic E-state index is -0.0812. The fourth-order valence-corrected chi connectivity index (χ4v) is 2.22. The summed E-state index contributed by atoms with van der Waals surface area (Å²) in [6.07, 6.45) is 7.74. The van der Waals surface area contributed by atoms with E-state index in [9.17, 15) is 4.79 Å². The largest absolute Gasteiger partial charge is 0.326 e. The van der Waals surface area contributed by atoms with E-state index in [0.29, 0.717) is 18.2 Å². The van der Waals surface area contributed by atoms with Gasteiger partial charge in [0.2, 0.25) is 0 Å². The Labute approximate surface area is 111 Å². The van der Waals surface area contributed by atoms with Gasteiger partial charge in [-0.25, -0.2) is 0 Å². The summed E-state index contributed by atoms with van der Waals surface area (Å²) in [5.74, 6) is 3.09. The van der Waals surface area contributed by atoms with E-state index in [1.807, 2.05) is 24.3 Å². The summed E-state index contributed by atoms with van der Waals surface area (Å²) >= 11 is 0. The molecule has 1 N–H and O–H groups in total. The van der Waals surface area contributed by atoms with Gasteiger partial charge in [-0.15, -0.1) is 6.42 Å². The molecule has 1 aromatic carbocycles. The van der Waals surface area contributed by atoms with Gasteiger partial charge in [-0.1, -0.05) is 24.1 Å². The Morgan fingerprint density at radius 2 is 2.26 bits per heavy atom. The van der Waals surface area contributed by atoms with Gasteiger partial charge in [0, 0.05) is 11.9 Å². The van der Waals surface area contributed by atoms with Crippen LogP contribution in [0.2, 0.25) is 0 Å². The second-order valence-corrected chi connectivity index (χ2v) is 4.95. The number of nitrogens with zero attached hydrogens (tertiary/aromatic N) is 2. The van der Waals surface area contributed by atoms with Gasteiger partial charge in [0.05, 0.1) is 12.1 Å². The van der Waals surface area contributed by atoms with E-state index in [2.05, 4.69) is 16.1 Å². The first-order valence-electron chi connectivity index (χ1n) is 6.45. The highest BCUT2D eigenvalue weighted by Crippen LogP contribution is 2.30. The number of benzene rings is 1. The van der Waals surface area contributed by atoms with Crippen LogP contribution in [0.4, 0.5) is 0 Å². The van der Waals surface area contributed by atoms with Crippen LogP contribution in [0.3, 0.4) is 0 Å². The Hall–Kier alpha value is -2.28. The van der Waals surface area contributed by atoms with E-state index in [4.69, 9.17) is 6.42 Å². The number of hydrogen-bond donors (Lipinski definition) is 1. The molecule has 1 aliphatic rings. The molecule has 1 amide bonds. The number of aromatic nitrogens is 2. The number of carbonyl (C=O) groups is 1. The van der Waals surface area contributed by atoms with E-state index in [-0.39, 0.29) is 5.91 Å². The molecule has 4 heteroatoms. The summed E-state index contributed by atoms with van der Waals surface area (Å²) in [6, 6.07) is 7.63. The minimum Gasteiger partial charge on any atom is -0.326 e. The summed E-state index contributed by atoms with van der Waals surface area (Å²) in [5.41, 5.74) is 1.34. The van der Waals surface area contributed by atoms with Gasteiger partial charge in [-0.3, -0.25) is 9.89 Å². The Morgan fingerprint density at radius 3 is 3.00 bits per heavy atom. The molecule has 19 heavy (non-hydrogen) atoms. The van der Waals surface area contributed by atoms with Gasteiger partial charge in [-0.05, 0) is 24.8 Å².